The summed E-state index contributed by atoms with van der Waals surface area (Å²) in [6.07, 6.45) is -5.02. The summed E-state index contributed by atoms with van der Waals surface area (Å²) in [6.45, 7) is 0.0804. The molecule has 0 atom stereocenters. The quantitative estimate of drug-likeness (QED) is 0.575. The Morgan fingerprint density at radius 2 is 1.89 bits per heavy atom. The zero-order valence-corrected chi connectivity index (χ0v) is 15.5. The van der Waals surface area contributed by atoms with Crippen LogP contribution in [0.5, 0.6) is 5.75 Å². The van der Waals surface area contributed by atoms with Gasteiger partial charge in [-0.1, -0.05) is 12.1 Å². The van der Waals surface area contributed by atoms with Crippen LogP contribution < -0.4 is 9.46 Å². The lowest BCUT2D eigenvalue weighted by molar-refractivity contribution is -0.140. The van der Waals surface area contributed by atoms with Crippen molar-refractivity contribution in [3.63, 3.8) is 0 Å². The van der Waals surface area contributed by atoms with Gasteiger partial charge in [0.1, 0.15) is 18.2 Å². The van der Waals surface area contributed by atoms with Crippen molar-refractivity contribution in [3.05, 3.63) is 70.4 Å². The highest BCUT2D eigenvalue weighted by Crippen LogP contribution is 2.34. The molecule has 1 aromatic heterocycles. The van der Waals surface area contributed by atoms with E-state index in [0.717, 1.165) is 6.07 Å². The lowest BCUT2D eigenvalue weighted by atomic mass is 10.2. The molecule has 2 aromatic carbocycles. The minimum atomic E-state index is -5.02. The number of aromatic nitrogens is 1. The van der Waals surface area contributed by atoms with E-state index in [4.69, 9.17) is 4.74 Å². The van der Waals surface area contributed by atoms with Crippen LogP contribution in [0.3, 0.4) is 0 Å². The van der Waals surface area contributed by atoms with Crippen molar-refractivity contribution in [2.45, 2.75) is 17.7 Å². The number of ether oxygens (including phenoxy) is 1. The molecule has 0 fully saturated rings. The van der Waals surface area contributed by atoms with Gasteiger partial charge in [0.05, 0.1) is 27.4 Å². The summed E-state index contributed by atoms with van der Waals surface area (Å²) in [5.41, 5.74) is 0.607. The predicted molar refractivity (Wildman–Crippen MR) is 95.1 cm³/mol. The minimum absolute atomic E-state index is 0.0237. The van der Waals surface area contributed by atoms with E-state index in [1.54, 1.807) is 17.0 Å². The van der Waals surface area contributed by atoms with E-state index < -0.39 is 32.5 Å². The molecule has 0 spiro atoms. The molecule has 3 rings (SSSR count). The summed E-state index contributed by atoms with van der Waals surface area (Å²) < 4.78 is 84.7. The van der Waals surface area contributed by atoms with Gasteiger partial charge in [0.15, 0.2) is 0 Å². The molecular weight excluding hydrogens is 420 g/mol. The number of thiazole rings is 1. The van der Waals surface area contributed by atoms with Gasteiger partial charge in [-0.25, -0.2) is 17.8 Å². The highest BCUT2D eigenvalue weighted by Gasteiger charge is 2.35. The SMILES string of the molecule is O=S(=O)(Nc1ccccc1OCc1cscn1)c1ccc(F)c(C(F)(F)F)c1. The van der Waals surface area contributed by atoms with Gasteiger partial charge in [-0.05, 0) is 30.3 Å². The van der Waals surface area contributed by atoms with Crippen molar-refractivity contribution < 1.29 is 30.7 Å². The Morgan fingerprint density at radius 1 is 1.14 bits per heavy atom. The molecule has 148 valence electrons. The minimum Gasteiger partial charge on any atom is -0.485 e. The van der Waals surface area contributed by atoms with Crippen molar-refractivity contribution in [2.24, 2.45) is 0 Å². The third-order valence-electron chi connectivity index (χ3n) is 3.54. The van der Waals surface area contributed by atoms with Crippen LogP contribution in [0.2, 0.25) is 0 Å². The van der Waals surface area contributed by atoms with Crippen LogP contribution in [0.25, 0.3) is 0 Å². The number of hydrogen-bond donors (Lipinski definition) is 1. The number of halogens is 4. The molecule has 1 N–H and O–H groups in total. The van der Waals surface area contributed by atoms with Crippen LogP contribution in [0.1, 0.15) is 11.3 Å². The van der Waals surface area contributed by atoms with Crippen molar-refractivity contribution in [1.82, 2.24) is 4.98 Å². The second-order valence-electron chi connectivity index (χ2n) is 5.51. The predicted octanol–water partition coefficient (Wildman–Crippen LogP) is 4.68. The van der Waals surface area contributed by atoms with Gasteiger partial charge >= 0.3 is 6.18 Å². The number of benzene rings is 2. The summed E-state index contributed by atoms with van der Waals surface area (Å²) in [7, 11) is -4.42. The van der Waals surface area contributed by atoms with Crippen molar-refractivity contribution in [3.8, 4) is 5.75 Å². The normalized spacial score (nSPS) is 12.0. The Kier molecular flexibility index (Phi) is 5.57. The van der Waals surface area contributed by atoms with Gasteiger partial charge in [-0.2, -0.15) is 13.2 Å². The fourth-order valence-corrected chi connectivity index (χ4v) is 3.87. The zero-order chi connectivity index (χ0) is 20.4. The third-order valence-corrected chi connectivity index (χ3v) is 5.54. The Morgan fingerprint density at radius 3 is 2.57 bits per heavy atom. The van der Waals surface area contributed by atoms with E-state index in [1.165, 1.54) is 29.5 Å². The molecular formula is C17H12F4N2O3S2. The molecule has 3 aromatic rings. The number of anilines is 1. The summed E-state index contributed by atoms with van der Waals surface area (Å²) in [6, 6.07) is 7.48. The van der Waals surface area contributed by atoms with E-state index in [1.807, 2.05) is 0 Å². The Bertz CT molecular complexity index is 1070. The average Bonchev–Trinajstić information content (AvgIpc) is 3.13. The van der Waals surface area contributed by atoms with Gasteiger partial charge < -0.3 is 4.74 Å². The van der Waals surface area contributed by atoms with Crippen molar-refractivity contribution >= 4 is 27.0 Å². The van der Waals surface area contributed by atoms with E-state index in [2.05, 4.69) is 9.71 Å². The second-order valence-corrected chi connectivity index (χ2v) is 7.91. The first kappa shape index (κ1) is 20.1. The van der Waals surface area contributed by atoms with E-state index in [9.17, 15) is 26.0 Å². The Balaban J connectivity index is 1.87. The number of sulfonamides is 1. The standard InChI is InChI=1S/C17H12F4N2O3S2/c18-14-6-5-12(7-13(14)17(19,20)21)28(24,25)23-15-3-1-2-4-16(15)26-8-11-9-27-10-22-11/h1-7,9-10,23H,8H2. The molecule has 0 aliphatic rings. The largest absolute Gasteiger partial charge is 0.485 e. The first-order chi connectivity index (χ1) is 13.2. The molecule has 0 saturated carbocycles. The smallest absolute Gasteiger partial charge is 0.419 e. The molecule has 0 bridgehead atoms. The van der Waals surface area contributed by atoms with Crippen LogP contribution in [-0.2, 0) is 22.8 Å². The molecule has 11 heteroatoms. The van der Waals surface area contributed by atoms with Gasteiger partial charge in [0, 0.05) is 5.38 Å². The summed E-state index contributed by atoms with van der Waals surface area (Å²) in [5.74, 6) is -1.39. The lowest BCUT2D eigenvalue weighted by Gasteiger charge is -2.14. The number of nitrogens with one attached hydrogen (secondary N) is 1. The maximum absolute atomic E-state index is 13.4. The molecule has 0 amide bonds. The van der Waals surface area contributed by atoms with Crippen molar-refractivity contribution in [2.75, 3.05) is 4.72 Å². The maximum atomic E-state index is 13.4. The maximum Gasteiger partial charge on any atom is 0.419 e. The number of rotatable bonds is 6. The first-order valence-corrected chi connectivity index (χ1v) is 10.1. The fourth-order valence-electron chi connectivity index (χ4n) is 2.23. The molecule has 5 nitrogen and oxygen atoms in total. The molecule has 0 aliphatic carbocycles. The summed E-state index contributed by atoms with van der Waals surface area (Å²) in [4.78, 5) is 3.31. The molecule has 0 aliphatic heterocycles. The number of nitrogens with zero attached hydrogens (tertiary/aromatic N) is 1. The Labute approximate surface area is 161 Å². The molecule has 28 heavy (non-hydrogen) atoms. The molecule has 0 unspecified atom stereocenters. The van der Waals surface area contributed by atoms with Gasteiger partial charge in [-0.3, -0.25) is 4.72 Å². The van der Waals surface area contributed by atoms with Gasteiger partial charge in [0.2, 0.25) is 0 Å². The van der Waals surface area contributed by atoms with Crippen LogP contribution >= 0.6 is 11.3 Å². The van der Waals surface area contributed by atoms with Gasteiger partial charge in [0.25, 0.3) is 10.0 Å². The molecule has 0 saturated heterocycles. The van der Waals surface area contributed by atoms with E-state index in [0.29, 0.717) is 11.8 Å². The highest BCUT2D eigenvalue weighted by molar-refractivity contribution is 7.92. The molecule has 0 radical (unpaired) electrons. The second kappa shape index (κ2) is 7.76. The van der Waals surface area contributed by atoms with E-state index >= 15 is 0 Å². The van der Waals surface area contributed by atoms with E-state index in [-0.39, 0.29) is 24.1 Å². The first-order valence-electron chi connectivity index (χ1n) is 7.65. The molecule has 1 heterocycles. The topological polar surface area (TPSA) is 68.3 Å². The highest BCUT2D eigenvalue weighted by atomic mass is 32.2. The third kappa shape index (κ3) is 4.60. The summed E-state index contributed by atoms with van der Waals surface area (Å²) >= 11 is 1.37. The van der Waals surface area contributed by atoms with Crippen LogP contribution in [0.4, 0.5) is 23.2 Å². The van der Waals surface area contributed by atoms with Crippen LogP contribution in [-0.4, -0.2) is 13.4 Å². The Hall–Kier alpha value is -2.66. The number of para-hydroxylation sites is 2. The summed E-state index contributed by atoms with van der Waals surface area (Å²) in [5, 5.41) is 1.75. The number of alkyl halides is 3. The van der Waals surface area contributed by atoms with Crippen molar-refractivity contribution in [1.29, 1.82) is 0 Å². The lowest BCUT2D eigenvalue weighted by Crippen LogP contribution is -2.16. The van der Waals surface area contributed by atoms with Crippen LogP contribution in [0, 0.1) is 5.82 Å². The fraction of sp³-hybridized carbons (Fsp3) is 0.118. The monoisotopic (exact) mass is 432 g/mol. The number of hydrogen-bond acceptors (Lipinski definition) is 5. The zero-order valence-electron chi connectivity index (χ0n) is 13.9. The van der Waals surface area contributed by atoms with Gasteiger partial charge in [-0.15, -0.1) is 11.3 Å². The van der Waals surface area contributed by atoms with Crippen LogP contribution in [0.15, 0.2) is 58.3 Å². The average molecular weight is 432 g/mol.